The SMILES string of the molecule is Cc1ccccc1C1(F)CCNC1. The molecule has 0 spiro atoms. The topological polar surface area (TPSA) is 12.0 Å². The van der Waals surface area contributed by atoms with Gasteiger partial charge in [0.05, 0.1) is 0 Å². The van der Waals surface area contributed by atoms with Gasteiger partial charge in [0.1, 0.15) is 5.67 Å². The Balaban J connectivity index is 2.39. The van der Waals surface area contributed by atoms with Crippen LogP contribution in [0.25, 0.3) is 0 Å². The van der Waals surface area contributed by atoms with Crippen LogP contribution in [0.2, 0.25) is 0 Å². The highest BCUT2D eigenvalue weighted by Gasteiger charge is 2.36. The zero-order valence-corrected chi connectivity index (χ0v) is 7.81. The molecule has 0 amide bonds. The fraction of sp³-hybridized carbons (Fsp3) is 0.455. The first kappa shape index (κ1) is 8.70. The Hall–Kier alpha value is -0.890. The summed E-state index contributed by atoms with van der Waals surface area (Å²) in [4.78, 5) is 0. The Morgan fingerprint density at radius 3 is 2.77 bits per heavy atom. The van der Waals surface area contributed by atoms with Crippen molar-refractivity contribution in [3.63, 3.8) is 0 Å². The van der Waals surface area contributed by atoms with Crippen LogP contribution in [-0.4, -0.2) is 13.1 Å². The summed E-state index contributed by atoms with van der Waals surface area (Å²) in [5.41, 5.74) is 0.763. The quantitative estimate of drug-likeness (QED) is 0.696. The second-order valence-electron chi connectivity index (χ2n) is 3.71. The Labute approximate surface area is 78.0 Å². The Morgan fingerprint density at radius 2 is 2.15 bits per heavy atom. The van der Waals surface area contributed by atoms with Gasteiger partial charge in [-0.25, -0.2) is 4.39 Å². The number of hydrogen-bond acceptors (Lipinski definition) is 1. The molecule has 1 nitrogen and oxygen atoms in total. The highest BCUT2D eigenvalue weighted by Crippen LogP contribution is 2.33. The molecule has 1 aromatic rings. The third-order valence-electron chi connectivity index (χ3n) is 2.73. The Bertz CT molecular complexity index is 303. The molecule has 1 N–H and O–H groups in total. The largest absolute Gasteiger partial charge is 0.313 e. The maximum atomic E-state index is 14.2. The average molecular weight is 179 g/mol. The molecule has 0 aliphatic carbocycles. The zero-order valence-electron chi connectivity index (χ0n) is 7.81. The number of hydrogen-bond donors (Lipinski definition) is 1. The van der Waals surface area contributed by atoms with Gasteiger partial charge in [0.15, 0.2) is 0 Å². The van der Waals surface area contributed by atoms with Crippen molar-refractivity contribution in [3.8, 4) is 0 Å². The van der Waals surface area contributed by atoms with Gasteiger partial charge in [-0.05, 0) is 31.0 Å². The lowest BCUT2D eigenvalue weighted by Gasteiger charge is -2.20. The number of rotatable bonds is 1. The number of benzene rings is 1. The molecule has 1 unspecified atom stereocenters. The monoisotopic (exact) mass is 179 g/mol. The molecule has 1 heterocycles. The Kier molecular flexibility index (Phi) is 2.08. The van der Waals surface area contributed by atoms with Crippen LogP contribution in [0.5, 0.6) is 0 Å². The lowest BCUT2D eigenvalue weighted by atomic mass is 9.91. The minimum atomic E-state index is -1.13. The third kappa shape index (κ3) is 1.46. The van der Waals surface area contributed by atoms with Crippen molar-refractivity contribution < 1.29 is 4.39 Å². The fourth-order valence-corrected chi connectivity index (χ4v) is 1.97. The van der Waals surface area contributed by atoms with Crippen molar-refractivity contribution >= 4 is 0 Å². The van der Waals surface area contributed by atoms with Gasteiger partial charge in [-0.1, -0.05) is 24.3 Å². The molecule has 1 aromatic carbocycles. The molecular formula is C11H14FN. The fourth-order valence-electron chi connectivity index (χ4n) is 1.97. The molecule has 2 heteroatoms. The summed E-state index contributed by atoms with van der Waals surface area (Å²) >= 11 is 0. The van der Waals surface area contributed by atoms with E-state index in [1.165, 1.54) is 0 Å². The second-order valence-corrected chi connectivity index (χ2v) is 3.71. The zero-order chi connectivity index (χ0) is 9.31. The van der Waals surface area contributed by atoms with Crippen molar-refractivity contribution in [2.24, 2.45) is 0 Å². The van der Waals surface area contributed by atoms with E-state index in [4.69, 9.17) is 0 Å². The molecular weight excluding hydrogens is 165 g/mol. The van der Waals surface area contributed by atoms with E-state index >= 15 is 0 Å². The van der Waals surface area contributed by atoms with Crippen LogP contribution < -0.4 is 5.32 Å². The minimum Gasteiger partial charge on any atom is -0.313 e. The van der Waals surface area contributed by atoms with E-state index in [1.54, 1.807) is 0 Å². The molecule has 1 aliphatic rings. The smallest absolute Gasteiger partial charge is 0.149 e. The van der Waals surface area contributed by atoms with E-state index in [9.17, 15) is 4.39 Å². The number of aryl methyl sites for hydroxylation is 1. The molecule has 0 radical (unpaired) electrons. The summed E-state index contributed by atoms with van der Waals surface area (Å²) in [6.45, 7) is 3.21. The lowest BCUT2D eigenvalue weighted by Crippen LogP contribution is -2.24. The van der Waals surface area contributed by atoms with Crippen LogP contribution in [0.3, 0.4) is 0 Å². The average Bonchev–Trinajstić information content (AvgIpc) is 2.54. The van der Waals surface area contributed by atoms with Crippen LogP contribution in [0, 0.1) is 6.92 Å². The van der Waals surface area contributed by atoms with Gasteiger partial charge < -0.3 is 5.32 Å². The van der Waals surface area contributed by atoms with Gasteiger partial charge in [0.25, 0.3) is 0 Å². The maximum absolute atomic E-state index is 14.2. The first-order valence-electron chi connectivity index (χ1n) is 4.68. The van der Waals surface area contributed by atoms with E-state index in [0.29, 0.717) is 13.0 Å². The molecule has 0 aromatic heterocycles. The number of halogens is 1. The van der Waals surface area contributed by atoms with Gasteiger partial charge in [-0.3, -0.25) is 0 Å². The van der Waals surface area contributed by atoms with Gasteiger partial charge >= 0.3 is 0 Å². The van der Waals surface area contributed by atoms with Gasteiger partial charge in [-0.15, -0.1) is 0 Å². The standard InChI is InChI=1S/C11H14FN/c1-9-4-2-3-5-10(9)11(12)6-7-13-8-11/h2-5,13H,6-8H2,1H3. The van der Waals surface area contributed by atoms with Crippen molar-refractivity contribution in [2.45, 2.75) is 19.0 Å². The van der Waals surface area contributed by atoms with Crippen LogP contribution in [0.15, 0.2) is 24.3 Å². The highest BCUT2D eigenvalue weighted by atomic mass is 19.1. The summed E-state index contributed by atoms with van der Waals surface area (Å²) < 4.78 is 14.2. The first-order valence-corrected chi connectivity index (χ1v) is 4.68. The van der Waals surface area contributed by atoms with Crippen LogP contribution in [0.4, 0.5) is 4.39 Å². The first-order chi connectivity index (χ1) is 6.22. The predicted octanol–water partition coefficient (Wildman–Crippen LogP) is 2.15. The van der Waals surface area contributed by atoms with E-state index in [2.05, 4.69) is 5.32 Å². The molecule has 2 rings (SSSR count). The van der Waals surface area contributed by atoms with Gasteiger partial charge in [-0.2, -0.15) is 0 Å². The number of nitrogens with one attached hydrogen (secondary N) is 1. The normalized spacial score (nSPS) is 27.8. The summed E-state index contributed by atoms with van der Waals surface area (Å²) in [6, 6.07) is 7.71. The molecule has 0 bridgehead atoms. The summed E-state index contributed by atoms with van der Waals surface area (Å²) in [6.07, 6.45) is 0.595. The second kappa shape index (κ2) is 3.11. The number of alkyl halides is 1. The molecule has 70 valence electrons. The molecule has 1 fully saturated rings. The van der Waals surface area contributed by atoms with Crippen molar-refractivity contribution in [1.82, 2.24) is 5.32 Å². The molecule has 1 aliphatic heterocycles. The van der Waals surface area contributed by atoms with E-state index < -0.39 is 5.67 Å². The van der Waals surface area contributed by atoms with Crippen LogP contribution in [-0.2, 0) is 5.67 Å². The van der Waals surface area contributed by atoms with Gasteiger partial charge in [0.2, 0.25) is 0 Å². The van der Waals surface area contributed by atoms with Crippen molar-refractivity contribution in [3.05, 3.63) is 35.4 Å². The van der Waals surface area contributed by atoms with Crippen molar-refractivity contribution in [1.29, 1.82) is 0 Å². The predicted molar refractivity (Wildman–Crippen MR) is 51.5 cm³/mol. The summed E-state index contributed by atoms with van der Waals surface area (Å²) in [5, 5.41) is 3.06. The van der Waals surface area contributed by atoms with E-state index in [0.717, 1.165) is 17.7 Å². The van der Waals surface area contributed by atoms with Crippen LogP contribution in [0.1, 0.15) is 17.5 Å². The molecule has 13 heavy (non-hydrogen) atoms. The van der Waals surface area contributed by atoms with Gasteiger partial charge in [0, 0.05) is 6.54 Å². The molecule has 0 saturated carbocycles. The van der Waals surface area contributed by atoms with E-state index in [1.807, 2.05) is 31.2 Å². The summed E-state index contributed by atoms with van der Waals surface area (Å²) in [5.74, 6) is 0. The molecule has 1 atom stereocenters. The minimum absolute atomic E-state index is 0.456. The van der Waals surface area contributed by atoms with Crippen LogP contribution >= 0.6 is 0 Å². The van der Waals surface area contributed by atoms with Crippen molar-refractivity contribution in [2.75, 3.05) is 13.1 Å². The summed E-state index contributed by atoms with van der Waals surface area (Å²) in [7, 11) is 0. The molecule has 1 saturated heterocycles. The lowest BCUT2D eigenvalue weighted by molar-refractivity contribution is 0.192. The maximum Gasteiger partial charge on any atom is 0.149 e. The van der Waals surface area contributed by atoms with E-state index in [-0.39, 0.29) is 0 Å². The highest BCUT2D eigenvalue weighted by molar-refractivity contribution is 5.32. The third-order valence-corrected chi connectivity index (χ3v) is 2.73. The Morgan fingerprint density at radius 1 is 1.38 bits per heavy atom.